The number of hydrogen-bond donors (Lipinski definition) is 4. The molecule has 1 atom stereocenters. The number of nitrogens with one attached hydrogen (secondary N) is 2. The second kappa shape index (κ2) is 3.52. The molecule has 1 unspecified atom stereocenters. The fourth-order valence-corrected chi connectivity index (χ4v) is 1.69. The van der Waals surface area contributed by atoms with Crippen molar-refractivity contribution in [2.45, 2.75) is 19.0 Å². The van der Waals surface area contributed by atoms with Gasteiger partial charge >= 0.3 is 0 Å². The van der Waals surface area contributed by atoms with Crippen LogP contribution >= 0.6 is 0 Å². The Kier molecular flexibility index (Phi) is 2.34. The van der Waals surface area contributed by atoms with Crippen LogP contribution in [0.2, 0.25) is 0 Å². The van der Waals surface area contributed by atoms with E-state index in [9.17, 15) is 0 Å². The number of hydrogen-bond acceptors (Lipinski definition) is 5. The summed E-state index contributed by atoms with van der Waals surface area (Å²) in [5.74, 6) is 0.540. The molecule has 0 fully saturated rings. The number of nitrogens with two attached hydrogens (primary N) is 2. The predicted molar refractivity (Wildman–Crippen MR) is 58.8 cm³/mol. The van der Waals surface area contributed by atoms with Gasteiger partial charge in [-0.1, -0.05) is 13.0 Å². The van der Waals surface area contributed by atoms with Crippen molar-refractivity contribution in [3.05, 3.63) is 35.9 Å². The zero-order valence-corrected chi connectivity index (χ0v) is 8.62. The third kappa shape index (κ3) is 1.55. The third-order valence-electron chi connectivity index (χ3n) is 2.61. The van der Waals surface area contributed by atoms with Crippen LogP contribution in [0.4, 0.5) is 0 Å². The molecule has 0 aromatic carbocycles. The Labute approximate surface area is 88.5 Å². The lowest BCUT2D eigenvalue weighted by Crippen LogP contribution is -2.53. The lowest BCUT2D eigenvalue weighted by molar-refractivity contribution is 0.409. The average molecular weight is 205 g/mol. The highest BCUT2D eigenvalue weighted by molar-refractivity contribution is 5.74. The van der Waals surface area contributed by atoms with Gasteiger partial charge in [0.25, 0.3) is 0 Å². The maximum Gasteiger partial charge on any atom is 0.119 e. The summed E-state index contributed by atoms with van der Waals surface area (Å²) < 4.78 is 0. The van der Waals surface area contributed by atoms with Crippen molar-refractivity contribution in [3.8, 4) is 0 Å². The molecule has 2 rings (SSSR count). The van der Waals surface area contributed by atoms with Crippen molar-refractivity contribution in [1.29, 1.82) is 0 Å². The Morgan fingerprint density at radius 3 is 2.87 bits per heavy atom. The maximum atomic E-state index is 6.17. The fourth-order valence-electron chi connectivity index (χ4n) is 1.69. The van der Waals surface area contributed by atoms with Gasteiger partial charge in [0.15, 0.2) is 0 Å². The highest BCUT2D eigenvalue weighted by atomic mass is 15.5. The van der Waals surface area contributed by atoms with E-state index in [1.165, 1.54) is 0 Å². The first-order chi connectivity index (χ1) is 7.17. The van der Waals surface area contributed by atoms with E-state index in [2.05, 4.69) is 15.8 Å². The summed E-state index contributed by atoms with van der Waals surface area (Å²) in [7, 11) is 0. The Morgan fingerprint density at radius 2 is 2.27 bits per heavy atom. The summed E-state index contributed by atoms with van der Waals surface area (Å²) in [5.41, 5.74) is 18.8. The molecule has 1 aliphatic heterocycles. The van der Waals surface area contributed by atoms with Crippen molar-refractivity contribution in [3.63, 3.8) is 0 Å². The average Bonchev–Trinajstić information content (AvgIpc) is 2.57. The Balaban J connectivity index is 2.47. The van der Waals surface area contributed by atoms with E-state index in [-0.39, 0.29) is 0 Å². The molecule has 1 aromatic rings. The van der Waals surface area contributed by atoms with Gasteiger partial charge in [0.1, 0.15) is 11.5 Å². The topological polar surface area (TPSA) is 89.0 Å². The Hall–Kier alpha value is -1.59. The van der Waals surface area contributed by atoms with Gasteiger partial charge in [-0.25, -0.2) is 5.43 Å². The van der Waals surface area contributed by atoms with Gasteiger partial charge in [-0.15, -0.1) is 0 Å². The smallest absolute Gasteiger partial charge is 0.119 e. The molecule has 0 radical (unpaired) electrons. The summed E-state index contributed by atoms with van der Waals surface area (Å²) in [4.78, 5) is 4.26. The van der Waals surface area contributed by atoms with Gasteiger partial charge in [-0.3, -0.25) is 4.98 Å². The molecular formula is C10H15N5. The number of nitrogens with zero attached hydrogens (tertiary/aromatic N) is 1. The van der Waals surface area contributed by atoms with Crippen LogP contribution in [0, 0.1) is 0 Å². The molecule has 6 N–H and O–H groups in total. The molecule has 0 saturated carbocycles. The summed E-state index contributed by atoms with van der Waals surface area (Å²) in [6.07, 6.45) is 2.45. The molecule has 1 aliphatic rings. The van der Waals surface area contributed by atoms with E-state index in [0.29, 0.717) is 5.82 Å². The minimum atomic E-state index is -0.640. The summed E-state index contributed by atoms with van der Waals surface area (Å²) in [6, 6.07) is 5.67. The van der Waals surface area contributed by atoms with Gasteiger partial charge in [0.2, 0.25) is 0 Å². The van der Waals surface area contributed by atoms with E-state index in [4.69, 9.17) is 11.5 Å². The number of pyridine rings is 1. The quantitative estimate of drug-likeness (QED) is 0.540. The molecule has 15 heavy (non-hydrogen) atoms. The van der Waals surface area contributed by atoms with E-state index >= 15 is 0 Å². The van der Waals surface area contributed by atoms with Crippen molar-refractivity contribution >= 4 is 5.57 Å². The van der Waals surface area contributed by atoms with Crippen molar-refractivity contribution < 1.29 is 0 Å². The first-order valence-electron chi connectivity index (χ1n) is 4.91. The van der Waals surface area contributed by atoms with E-state index in [0.717, 1.165) is 17.7 Å². The standard InChI is InChI=1S/C10H15N5/c1-2-10(12)8(9(11)14-15-10)7-5-3-4-6-13-7/h3-6,14-15H,2,11-12H2,1H3. The first-order valence-corrected chi connectivity index (χ1v) is 4.91. The lowest BCUT2D eigenvalue weighted by atomic mass is 9.96. The molecule has 2 heterocycles. The van der Waals surface area contributed by atoms with Crippen LogP contribution in [0.5, 0.6) is 0 Å². The molecule has 0 saturated heterocycles. The molecule has 0 spiro atoms. The van der Waals surface area contributed by atoms with Crippen LogP contribution in [0.3, 0.4) is 0 Å². The largest absolute Gasteiger partial charge is 0.384 e. The highest BCUT2D eigenvalue weighted by Gasteiger charge is 2.36. The normalized spacial score (nSPS) is 25.5. The Bertz CT molecular complexity index is 386. The predicted octanol–water partition coefficient (Wildman–Crippen LogP) is -0.118. The van der Waals surface area contributed by atoms with Crippen LogP contribution in [0.1, 0.15) is 19.0 Å². The van der Waals surface area contributed by atoms with Gasteiger partial charge in [-0.2, -0.15) is 0 Å². The highest BCUT2D eigenvalue weighted by Crippen LogP contribution is 2.28. The Morgan fingerprint density at radius 1 is 1.47 bits per heavy atom. The molecule has 5 nitrogen and oxygen atoms in total. The van der Waals surface area contributed by atoms with Gasteiger partial charge < -0.3 is 16.9 Å². The summed E-state index contributed by atoms with van der Waals surface area (Å²) in [6.45, 7) is 2.00. The van der Waals surface area contributed by atoms with E-state index in [1.54, 1.807) is 6.20 Å². The number of hydrazine groups is 1. The molecular weight excluding hydrogens is 190 g/mol. The van der Waals surface area contributed by atoms with Gasteiger partial charge in [0, 0.05) is 6.20 Å². The van der Waals surface area contributed by atoms with E-state index < -0.39 is 5.66 Å². The van der Waals surface area contributed by atoms with Crippen LogP contribution in [-0.4, -0.2) is 10.6 Å². The second-order valence-electron chi connectivity index (χ2n) is 3.58. The molecule has 0 aliphatic carbocycles. The third-order valence-corrected chi connectivity index (χ3v) is 2.61. The molecule has 0 bridgehead atoms. The first kappa shape index (κ1) is 9.95. The van der Waals surface area contributed by atoms with Crippen LogP contribution in [-0.2, 0) is 0 Å². The molecule has 80 valence electrons. The van der Waals surface area contributed by atoms with E-state index in [1.807, 2.05) is 25.1 Å². The lowest BCUT2D eigenvalue weighted by Gasteiger charge is -2.24. The van der Waals surface area contributed by atoms with Crippen molar-refractivity contribution in [2.75, 3.05) is 0 Å². The molecule has 1 aromatic heterocycles. The number of aromatic nitrogens is 1. The van der Waals surface area contributed by atoms with Crippen molar-refractivity contribution in [1.82, 2.24) is 15.8 Å². The molecule has 5 heteroatoms. The fraction of sp³-hybridized carbons (Fsp3) is 0.300. The minimum absolute atomic E-state index is 0.540. The van der Waals surface area contributed by atoms with Crippen LogP contribution in [0.15, 0.2) is 30.2 Å². The summed E-state index contributed by atoms with van der Waals surface area (Å²) in [5, 5.41) is 0. The van der Waals surface area contributed by atoms with Crippen molar-refractivity contribution in [2.24, 2.45) is 11.5 Å². The zero-order chi connectivity index (χ0) is 10.9. The van der Waals surface area contributed by atoms with Gasteiger partial charge in [0.05, 0.1) is 11.3 Å². The maximum absolute atomic E-state index is 6.17. The SMILES string of the molecule is CCC1(N)NNC(N)=C1c1ccccn1. The second-order valence-corrected chi connectivity index (χ2v) is 3.58. The zero-order valence-electron chi connectivity index (χ0n) is 8.62. The number of rotatable bonds is 2. The van der Waals surface area contributed by atoms with Crippen LogP contribution < -0.4 is 22.3 Å². The monoisotopic (exact) mass is 205 g/mol. The van der Waals surface area contributed by atoms with Gasteiger partial charge in [-0.05, 0) is 18.6 Å². The van der Waals surface area contributed by atoms with Crippen LogP contribution in [0.25, 0.3) is 5.57 Å². The molecule has 0 amide bonds. The summed E-state index contributed by atoms with van der Waals surface area (Å²) >= 11 is 0. The minimum Gasteiger partial charge on any atom is -0.384 e.